The molecule has 2 fully saturated rings. The molecule has 0 aliphatic carbocycles. The molecule has 2 saturated heterocycles. The summed E-state index contributed by atoms with van der Waals surface area (Å²) in [7, 11) is -0.327. The lowest BCUT2D eigenvalue weighted by atomic mass is 9.77. The van der Waals surface area contributed by atoms with Crippen molar-refractivity contribution in [2.75, 3.05) is 13.2 Å². The Balaban J connectivity index is 1.38. The molecule has 0 aromatic heterocycles. The molecule has 2 bridgehead atoms. The monoisotopic (exact) mass is 417 g/mol. The van der Waals surface area contributed by atoms with E-state index in [9.17, 15) is 0 Å². The molecule has 0 radical (unpaired) electrons. The van der Waals surface area contributed by atoms with Gasteiger partial charge in [-0.15, -0.1) is 0 Å². The fourth-order valence-electron chi connectivity index (χ4n) is 4.78. The zero-order chi connectivity index (χ0) is 21.6. The molecule has 0 saturated carbocycles. The van der Waals surface area contributed by atoms with E-state index in [2.05, 4.69) is 93.3 Å². The van der Waals surface area contributed by atoms with Crippen molar-refractivity contribution in [3.05, 3.63) is 71.8 Å². The van der Waals surface area contributed by atoms with Crippen LogP contribution in [0.5, 0.6) is 0 Å². The van der Waals surface area contributed by atoms with E-state index >= 15 is 0 Å². The van der Waals surface area contributed by atoms with E-state index in [1.807, 2.05) is 0 Å². The van der Waals surface area contributed by atoms with Crippen molar-refractivity contribution < 1.29 is 14.0 Å². The van der Waals surface area contributed by atoms with Crippen molar-refractivity contribution in [1.29, 1.82) is 0 Å². The molecule has 0 spiro atoms. The predicted octanol–water partition coefficient (Wildman–Crippen LogP) is 4.04. The van der Waals surface area contributed by atoms with E-state index < -0.39 is 0 Å². The van der Waals surface area contributed by atoms with Gasteiger partial charge in [-0.2, -0.15) is 0 Å². The first-order chi connectivity index (χ1) is 14.8. The first kappa shape index (κ1) is 21.0. The summed E-state index contributed by atoms with van der Waals surface area (Å²) in [5.41, 5.74) is 4.46. The highest BCUT2D eigenvalue weighted by atomic mass is 16.7. The van der Waals surface area contributed by atoms with Gasteiger partial charge in [0.2, 0.25) is 0 Å². The van der Waals surface area contributed by atoms with Crippen LogP contribution in [0.3, 0.4) is 0 Å². The fraction of sp³-hybridized carbons (Fsp3) is 0.462. The lowest BCUT2D eigenvalue weighted by Gasteiger charge is -2.45. The Morgan fingerprint density at radius 3 is 2.39 bits per heavy atom. The van der Waals surface area contributed by atoms with Gasteiger partial charge in [-0.05, 0) is 56.3 Å². The molecule has 31 heavy (non-hydrogen) atoms. The van der Waals surface area contributed by atoms with Crippen molar-refractivity contribution in [2.24, 2.45) is 0 Å². The van der Waals surface area contributed by atoms with Gasteiger partial charge in [0.25, 0.3) is 0 Å². The molecule has 2 unspecified atom stereocenters. The van der Waals surface area contributed by atoms with Crippen LogP contribution in [-0.4, -0.2) is 48.5 Å². The molecule has 5 rings (SSSR count). The molecule has 3 aliphatic heterocycles. The van der Waals surface area contributed by atoms with E-state index in [-0.39, 0.29) is 18.3 Å². The molecule has 2 aromatic rings. The Bertz CT molecular complexity index is 956. The second-order valence-electron chi connectivity index (χ2n) is 10.0. The molecular formula is C26H32BNO3. The van der Waals surface area contributed by atoms with E-state index in [1.54, 1.807) is 0 Å². The lowest BCUT2D eigenvalue weighted by molar-refractivity contribution is -0.0402. The number of rotatable bonds is 4. The molecule has 2 atom stereocenters. The Morgan fingerprint density at radius 2 is 1.68 bits per heavy atom. The number of morpholine rings is 1. The SMILES string of the molecule is CC1(C)OB(c2cccc(C3=CC4COCC(C3)N4Cc3ccccc3)c2)OC1(C)C. The smallest absolute Gasteiger partial charge is 0.399 e. The quantitative estimate of drug-likeness (QED) is 0.703. The second-order valence-corrected chi connectivity index (χ2v) is 10.0. The summed E-state index contributed by atoms with van der Waals surface area (Å²) in [5, 5.41) is 0. The summed E-state index contributed by atoms with van der Waals surface area (Å²) in [6, 6.07) is 20.1. The maximum absolute atomic E-state index is 6.28. The normalized spacial score (nSPS) is 27.2. The first-order valence-electron chi connectivity index (χ1n) is 11.4. The molecule has 162 valence electrons. The Kier molecular flexibility index (Phi) is 5.34. The summed E-state index contributed by atoms with van der Waals surface area (Å²) < 4.78 is 18.5. The Labute approximate surface area is 186 Å². The van der Waals surface area contributed by atoms with Gasteiger partial charge < -0.3 is 14.0 Å². The highest BCUT2D eigenvalue weighted by molar-refractivity contribution is 6.62. The molecule has 3 heterocycles. The topological polar surface area (TPSA) is 30.9 Å². The number of ether oxygens (including phenoxy) is 1. The molecule has 4 nitrogen and oxygen atoms in total. The summed E-state index contributed by atoms with van der Waals surface area (Å²) in [5.74, 6) is 0. The van der Waals surface area contributed by atoms with Crippen molar-refractivity contribution in [1.82, 2.24) is 4.90 Å². The van der Waals surface area contributed by atoms with Gasteiger partial charge in [-0.3, -0.25) is 4.90 Å². The van der Waals surface area contributed by atoms with E-state index in [1.165, 1.54) is 16.7 Å². The first-order valence-corrected chi connectivity index (χ1v) is 11.4. The molecular weight excluding hydrogens is 385 g/mol. The van der Waals surface area contributed by atoms with E-state index in [0.717, 1.165) is 31.6 Å². The third-order valence-electron chi connectivity index (χ3n) is 7.33. The largest absolute Gasteiger partial charge is 0.494 e. The summed E-state index contributed by atoms with van der Waals surface area (Å²) in [4.78, 5) is 2.60. The van der Waals surface area contributed by atoms with Crippen LogP contribution in [0.25, 0.3) is 5.57 Å². The van der Waals surface area contributed by atoms with Gasteiger partial charge in [0.1, 0.15) is 0 Å². The van der Waals surface area contributed by atoms with E-state index in [0.29, 0.717) is 12.1 Å². The van der Waals surface area contributed by atoms with Gasteiger partial charge in [0.05, 0.1) is 30.5 Å². The molecule has 0 N–H and O–H groups in total. The molecule has 0 amide bonds. The van der Waals surface area contributed by atoms with Gasteiger partial charge in [-0.25, -0.2) is 0 Å². The number of hydrogen-bond donors (Lipinski definition) is 0. The minimum atomic E-state index is -0.329. The van der Waals surface area contributed by atoms with Crippen molar-refractivity contribution in [3.63, 3.8) is 0 Å². The van der Waals surface area contributed by atoms with Crippen LogP contribution in [-0.2, 0) is 20.6 Å². The maximum Gasteiger partial charge on any atom is 0.494 e. The zero-order valence-electron chi connectivity index (χ0n) is 19.0. The van der Waals surface area contributed by atoms with Crippen molar-refractivity contribution in [3.8, 4) is 0 Å². The zero-order valence-corrected chi connectivity index (χ0v) is 19.0. The van der Waals surface area contributed by atoms with Gasteiger partial charge in [0, 0.05) is 12.6 Å². The van der Waals surface area contributed by atoms with Gasteiger partial charge in [0.15, 0.2) is 0 Å². The number of benzene rings is 2. The van der Waals surface area contributed by atoms with Crippen LogP contribution in [0.1, 0.15) is 45.2 Å². The highest BCUT2D eigenvalue weighted by Gasteiger charge is 2.51. The molecule has 2 aromatic carbocycles. The fourth-order valence-corrected chi connectivity index (χ4v) is 4.78. The van der Waals surface area contributed by atoms with Crippen LogP contribution < -0.4 is 5.46 Å². The van der Waals surface area contributed by atoms with Crippen LogP contribution in [0.15, 0.2) is 60.7 Å². The maximum atomic E-state index is 6.28. The number of nitrogens with zero attached hydrogens (tertiary/aromatic N) is 1. The minimum absolute atomic E-state index is 0.309. The highest BCUT2D eigenvalue weighted by Crippen LogP contribution is 2.37. The van der Waals surface area contributed by atoms with Crippen LogP contribution in [0.4, 0.5) is 0 Å². The second kappa shape index (κ2) is 7.89. The Morgan fingerprint density at radius 1 is 0.935 bits per heavy atom. The van der Waals surface area contributed by atoms with E-state index in [4.69, 9.17) is 14.0 Å². The van der Waals surface area contributed by atoms with Gasteiger partial charge in [-0.1, -0.05) is 60.7 Å². The standard InChI is InChI=1S/C26H32BNO3/c1-25(2)26(3,4)31-27(30-25)22-12-8-11-20(13-22)21-14-23-17-29-18-24(15-21)28(23)16-19-9-6-5-7-10-19/h5-14,23-24H,15-18H2,1-4H3. The molecule has 3 aliphatic rings. The summed E-state index contributed by atoms with van der Waals surface area (Å²) in [6.45, 7) is 10.9. The third-order valence-corrected chi connectivity index (χ3v) is 7.33. The third kappa shape index (κ3) is 4.00. The van der Waals surface area contributed by atoms with Crippen LogP contribution >= 0.6 is 0 Å². The lowest BCUT2D eigenvalue weighted by Crippen LogP contribution is -2.53. The van der Waals surface area contributed by atoms with Crippen molar-refractivity contribution in [2.45, 2.75) is 63.9 Å². The number of hydrogen-bond acceptors (Lipinski definition) is 4. The Hall–Kier alpha value is -1.92. The van der Waals surface area contributed by atoms with Crippen molar-refractivity contribution >= 4 is 18.2 Å². The van der Waals surface area contributed by atoms with Gasteiger partial charge >= 0.3 is 7.12 Å². The number of fused-ring (bicyclic) bond motifs is 2. The summed E-state index contributed by atoms with van der Waals surface area (Å²) >= 11 is 0. The van der Waals surface area contributed by atoms with Crippen LogP contribution in [0.2, 0.25) is 0 Å². The summed E-state index contributed by atoms with van der Waals surface area (Å²) in [6.07, 6.45) is 3.40. The molecule has 5 heteroatoms. The van der Waals surface area contributed by atoms with Crippen LogP contribution in [0, 0.1) is 0 Å². The average molecular weight is 417 g/mol. The minimum Gasteiger partial charge on any atom is -0.399 e. The average Bonchev–Trinajstić information content (AvgIpc) is 2.96. The predicted molar refractivity (Wildman–Crippen MR) is 125 cm³/mol.